The lowest BCUT2D eigenvalue weighted by atomic mass is 9.75. The van der Waals surface area contributed by atoms with E-state index in [4.69, 9.17) is 14.2 Å². The highest BCUT2D eigenvalue weighted by molar-refractivity contribution is 6.10. The molecular weight excluding hydrogens is 615 g/mol. The Morgan fingerprint density at radius 2 is 1.85 bits per heavy atom. The number of allylic oxidation sites excluding steroid dienone is 1. The van der Waals surface area contributed by atoms with Crippen LogP contribution >= 0.6 is 0 Å². The number of aliphatic hydroxyl groups excluding tert-OH is 1. The second-order valence-corrected chi connectivity index (χ2v) is 10.7. The number of nitro groups is 1. The molecule has 1 aliphatic heterocycles. The molecule has 0 fully saturated rings. The summed E-state index contributed by atoms with van der Waals surface area (Å²) in [4.78, 5) is 40.5. The fourth-order valence-corrected chi connectivity index (χ4v) is 4.88. The highest BCUT2D eigenvalue weighted by Gasteiger charge is 2.52. The summed E-state index contributed by atoms with van der Waals surface area (Å²) in [5.41, 5.74) is -2.11. The van der Waals surface area contributed by atoms with E-state index in [2.05, 4.69) is 15.0 Å². The number of aliphatic hydroxyl groups is 1. The number of halogens is 3. The van der Waals surface area contributed by atoms with Crippen molar-refractivity contribution in [1.82, 2.24) is 5.32 Å². The minimum atomic E-state index is -5.08. The Morgan fingerprint density at radius 3 is 2.46 bits per heavy atom. The Bertz CT molecular complexity index is 1490. The number of alkyl halides is 3. The number of hydrogen-bond donors (Lipinski definition) is 2. The molecule has 1 aliphatic rings. The first-order valence-electron chi connectivity index (χ1n) is 14.2. The van der Waals surface area contributed by atoms with Crippen molar-refractivity contribution in [2.75, 3.05) is 34.0 Å². The molecule has 0 spiro atoms. The first-order chi connectivity index (χ1) is 21.7. The van der Waals surface area contributed by atoms with Crippen LogP contribution < -0.4 is 14.8 Å². The molecule has 3 unspecified atom stereocenters. The molecule has 2 aromatic rings. The van der Waals surface area contributed by atoms with E-state index < -0.39 is 52.4 Å². The minimum absolute atomic E-state index is 0.0122. The van der Waals surface area contributed by atoms with Gasteiger partial charge in [-0.3, -0.25) is 19.9 Å². The van der Waals surface area contributed by atoms with Gasteiger partial charge in [0.05, 0.1) is 31.3 Å². The molecule has 250 valence electrons. The molecule has 3 atom stereocenters. The van der Waals surface area contributed by atoms with Crippen molar-refractivity contribution in [2.24, 2.45) is 10.9 Å². The minimum Gasteiger partial charge on any atom is -0.493 e. The molecule has 15 heteroatoms. The number of carbonyl (C=O) groups is 2. The van der Waals surface area contributed by atoms with Gasteiger partial charge in [0.15, 0.2) is 11.5 Å². The summed E-state index contributed by atoms with van der Waals surface area (Å²) in [7, 11) is 2.32. The van der Waals surface area contributed by atoms with Crippen LogP contribution in [0.4, 0.5) is 18.9 Å². The van der Waals surface area contributed by atoms with Gasteiger partial charge in [-0.1, -0.05) is 32.0 Å². The zero-order valence-electron chi connectivity index (χ0n) is 25.9. The third-order valence-corrected chi connectivity index (χ3v) is 7.07. The molecule has 12 nitrogen and oxygen atoms in total. The van der Waals surface area contributed by atoms with Crippen molar-refractivity contribution in [3.8, 4) is 11.5 Å². The summed E-state index contributed by atoms with van der Waals surface area (Å²) >= 11 is 0. The maximum absolute atomic E-state index is 14.1. The average Bonchev–Trinajstić information content (AvgIpc) is 3.01. The number of nitrogens with zero attached hydrogens (tertiary/aromatic N) is 2. The van der Waals surface area contributed by atoms with E-state index in [1.54, 1.807) is 18.2 Å². The third-order valence-electron chi connectivity index (χ3n) is 7.07. The quantitative estimate of drug-likeness (QED) is 0.171. The summed E-state index contributed by atoms with van der Waals surface area (Å²) in [5, 5.41) is 24.7. The summed E-state index contributed by atoms with van der Waals surface area (Å²) in [6.07, 6.45) is -5.67. The molecule has 1 heterocycles. The molecule has 0 amide bonds. The van der Waals surface area contributed by atoms with Gasteiger partial charge in [0.1, 0.15) is 24.3 Å². The Labute approximate surface area is 263 Å². The van der Waals surface area contributed by atoms with Gasteiger partial charge in [-0.25, -0.2) is 4.79 Å². The maximum atomic E-state index is 14.1. The SMILES string of the molecule is COC(=O)C1C(C(F)(F)F)=NC(C)=C(C(=O)OCCc2ccc(OCC(O)CNC(C)C)c(OC)c2)C1c1cccc([N+](=O)[O-])c1. The molecule has 0 aromatic heterocycles. The number of rotatable bonds is 14. The molecule has 0 radical (unpaired) electrons. The van der Waals surface area contributed by atoms with Gasteiger partial charge >= 0.3 is 18.1 Å². The number of methoxy groups -OCH3 is 2. The van der Waals surface area contributed by atoms with Gasteiger partial charge in [0.2, 0.25) is 0 Å². The smallest absolute Gasteiger partial charge is 0.430 e. The van der Waals surface area contributed by atoms with Gasteiger partial charge in [-0.15, -0.1) is 0 Å². The summed E-state index contributed by atoms with van der Waals surface area (Å²) in [6.45, 7) is 5.19. The number of nitro benzene ring substituents is 1. The number of carbonyl (C=O) groups excluding carboxylic acids is 2. The summed E-state index contributed by atoms with van der Waals surface area (Å²) in [5.74, 6) is -5.42. The molecule has 2 aromatic carbocycles. The lowest BCUT2D eigenvalue weighted by Gasteiger charge is -2.32. The van der Waals surface area contributed by atoms with Gasteiger partial charge in [0.25, 0.3) is 5.69 Å². The largest absolute Gasteiger partial charge is 0.493 e. The maximum Gasteiger partial charge on any atom is 0.430 e. The number of nitrogens with one attached hydrogen (secondary N) is 1. The van der Waals surface area contributed by atoms with E-state index >= 15 is 0 Å². The number of esters is 2. The average molecular weight is 652 g/mol. The van der Waals surface area contributed by atoms with Crippen LogP contribution in [0.3, 0.4) is 0 Å². The lowest BCUT2D eigenvalue weighted by molar-refractivity contribution is -0.384. The second-order valence-electron chi connectivity index (χ2n) is 10.7. The van der Waals surface area contributed by atoms with E-state index in [-0.39, 0.29) is 42.5 Å². The lowest BCUT2D eigenvalue weighted by Crippen LogP contribution is -2.43. The number of aliphatic imine (C=N–C) groups is 1. The first-order valence-corrected chi connectivity index (χ1v) is 14.2. The molecule has 2 N–H and O–H groups in total. The van der Waals surface area contributed by atoms with Gasteiger partial charge in [-0.2, -0.15) is 13.2 Å². The second kappa shape index (κ2) is 15.7. The normalized spacial score (nSPS) is 17.3. The van der Waals surface area contributed by atoms with E-state index in [0.29, 0.717) is 23.6 Å². The van der Waals surface area contributed by atoms with Crippen molar-refractivity contribution in [3.05, 3.63) is 75.0 Å². The fourth-order valence-electron chi connectivity index (χ4n) is 4.88. The van der Waals surface area contributed by atoms with Crippen LogP contribution in [0.1, 0.15) is 37.8 Å². The Kier molecular flexibility index (Phi) is 12.3. The van der Waals surface area contributed by atoms with Crippen molar-refractivity contribution in [3.63, 3.8) is 0 Å². The van der Waals surface area contributed by atoms with Crippen LogP contribution in [-0.4, -0.2) is 80.0 Å². The highest BCUT2D eigenvalue weighted by atomic mass is 19.4. The standard InChI is InChI=1S/C31H36F3N3O9/c1-17(2)35-15-22(38)16-46-23-10-9-19(13-24(23)43-4)11-12-45-30(40)25-18(3)36-28(31(32,33)34)27(29(39)44-5)26(25)20-7-6-8-21(14-20)37(41)42/h6-10,13-14,17,22,26-27,35,38H,11-12,15-16H2,1-5H3. The van der Waals surface area contributed by atoms with Crippen LogP contribution in [0.25, 0.3) is 0 Å². The van der Waals surface area contributed by atoms with Crippen LogP contribution in [0.5, 0.6) is 11.5 Å². The predicted molar refractivity (Wildman–Crippen MR) is 160 cm³/mol. The molecule has 3 rings (SSSR count). The van der Waals surface area contributed by atoms with Gasteiger partial charge < -0.3 is 29.4 Å². The van der Waals surface area contributed by atoms with Crippen molar-refractivity contribution in [1.29, 1.82) is 0 Å². The number of ether oxygens (including phenoxy) is 4. The van der Waals surface area contributed by atoms with Crippen LogP contribution in [0.15, 0.2) is 58.7 Å². The van der Waals surface area contributed by atoms with E-state index in [1.807, 2.05) is 13.8 Å². The van der Waals surface area contributed by atoms with Crippen molar-refractivity contribution in [2.45, 2.75) is 51.4 Å². The highest BCUT2D eigenvalue weighted by Crippen LogP contribution is 2.44. The Hall–Kier alpha value is -4.50. The van der Waals surface area contributed by atoms with Crippen molar-refractivity contribution >= 4 is 23.3 Å². The van der Waals surface area contributed by atoms with E-state index in [0.717, 1.165) is 19.2 Å². The number of non-ortho nitro benzene ring substituents is 1. The van der Waals surface area contributed by atoms with Crippen LogP contribution in [0.2, 0.25) is 0 Å². The number of hydrogen-bond acceptors (Lipinski definition) is 11. The van der Waals surface area contributed by atoms with Crippen LogP contribution in [-0.2, 0) is 25.5 Å². The van der Waals surface area contributed by atoms with Gasteiger partial charge in [0, 0.05) is 42.8 Å². The Balaban J connectivity index is 1.85. The zero-order chi connectivity index (χ0) is 34.2. The summed E-state index contributed by atoms with van der Waals surface area (Å²) < 4.78 is 63.5. The van der Waals surface area contributed by atoms with Crippen molar-refractivity contribution < 1.29 is 51.7 Å². The molecule has 0 bridgehead atoms. The number of benzene rings is 2. The summed E-state index contributed by atoms with van der Waals surface area (Å²) in [6, 6.07) is 9.80. The van der Waals surface area contributed by atoms with E-state index in [1.165, 1.54) is 26.2 Å². The molecule has 0 saturated carbocycles. The molecular formula is C31H36F3N3O9. The predicted octanol–water partition coefficient (Wildman–Crippen LogP) is 4.29. The Morgan fingerprint density at radius 1 is 1.13 bits per heavy atom. The first kappa shape index (κ1) is 36.0. The van der Waals surface area contributed by atoms with Gasteiger partial charge in [-0.05, 0) is 30.2 Å². The fraction of sp³-hybridized carbons (Fsp3) is 0.452. The van der Waals surface area contributed by atoms with Crippen LogP contribution in [0, 0.1) is 16.0 Å². The molecule has 0 aliphatic carbocycles. The molecule has 46 heavy (non-hydrogen) atoms. The van der Waals surface area contributed by atoms with E-state index in [9.17, 15) is 38.0 Å². The zero-order valence-corrected chi connectivity index (χ0v) is 25.9. The third kappa shape index (κ3) is 9.03. The molecule has 0 saturated heterocycles. The topological polar surface area (TPSA) is 159 Å². The monoisotopic (exact) mass is 651 g/mol.